The number of halogens is 3. The molecule has 1 fully saturated rings. The van der Waals surface area contributed by atoms with Gasteiger partial charge in [0.05, 0.1) is 12.2 Å². The smallest absolute Gasteiger partial charge is 0.416 e. The summed E-state index contributed by atoms with van der Waals surface area (Å²) in [5, 5.41) is 0. The van der Waals surface area contributed by atoms with Crippen molar-refractivity contribution in [3.05, 3.63) is 35.4 Å². The topological polar surface area (TPSA) is 46.6 Å². The van der Waals surface area contributed by atoms with Crippen LogP contribution in [0.2, 0.25) is 0 Å². The van der Waals surface area contributed by atoms with Crippen LogP contribution < -0.4 is 0 Å². The average Bonchev–Trinajstić information content (AvgIpc) is 2.56. The van der Waals surface area contributed by atoms with Gasteiger partial charge < -0.3 is 9.64 Å². The molecule has 7 heteroatoms. The monoisotopic (exact) mass is 371 g/mol. The summed E-state index contributed by atoms with van der Waals surface area (Å²) in [5.41, 5.74) is -0.0708. The predicted octanol–water partition coefficient (Wildman–Crippen LogP) is 3.48. The second-order valence-electron chi connectivity index (χ2n) is 6.71. The van der Waals surface area contributed by atoms with Gasteiger partial charge in [-0.3, -0.25) is 9.59 Å². The van der Waals surface area contributed by atoms with E-state index < -0.39 is 17.7 Å². The van der Waals surface area contributed by atoms with Crippen molar-refractivity contribution in [1.29, 1.82) is 0 Å². The maximum atomic E-state index is 12.9. The highest BCUT2D eigenvalue weighted by Crippen LogP contribution is 2.31. The maximum absolute atomic E-state index is 12.9. The average molecular weight is 371 g/mol. The first-order chi connectivity index (χ1) is 12.2. The standard InChI is InChI=1S/C19H24F3NO3/c1-3-26-18(25)12-17(24)14-7-8-23(2)16(11-14)10-13-5-4-6-15(9-13)19(20,21)22/h4-6,9,14,16H,3,7-8,10-12H2,1-2H3. The molecule has 1 aliphatic rings. The summed E-state index contributed by atoms with van der Waals surface area (Å²) in [6, 6.07) is 5.26. The van der Waals surface area contributed by atoms with Crippen molar-refractivity contribution in [3.8, 4) is 0 Å². The summed E-state index contributed by atoms with van der Waals surface area (Å²) in [7, 11) is 1.91. The zero-order valence-electron chi connectivity index (χ0n) is 15.0. The van der Waals surface area contributed by atoms with Gasteiger partial charge in [-0.2, -0.15) is 13.2 Å². The van der Waals surface area contributed by atoms with Crippen LogP contribution in [0.5, 0.6) is 0 Å². The van der Waals surface area contributed by atoms with Crippen molar-refractivity contribution in [3.63, 3.8) is 0 Å². The van der Waals surface area contributed by atoms with Gasteiger partial charge in [0.25, 0.3) is 0 Å². The van der Waals surface area contributed by atoms with Crippen LogP contribution in [0.15, 0.2) is 24.3 Å². The third-order valence-electron chi connectivity index (χ3n) is 4.82. The molecule has 144 valence electrons. The minimum Gasteiger partial charge on any atom is -0.466 e. The van der Waals surface area contributed by atoms with Crippen LogP contribution in [0.3, 0.4) is 0 Å². The molecule has 0 aromatic heterocycles. The Kier molecular flexibility index (Phi) is 6.81. The first kappa shape index (κ1) is 20.4. The van der Waals surface area contributed by atoms with Crippen molar-refractivity contribution >= 4 is 11.8 Å². The van der Waals surface area contributed by atoms with Crippen LogP contribution in [0.25, 0.3) is 0 Å². The highest BCUT2D eigenvalue weighted by molar-refractivity contribution is 5.96. The lowest BCUT2D eigenvalue weighted by atomic mass is 9.84. The molecule has 1 aromatic carbocycles. The first-order valence-corrected chi connectivity index (χ1v) is 8.75. The number of alkyl halides is 3. The van der Waals surface area contributed by atoms with Gasteiger partial charge in [-0.25, -0.2) is 0 Å². The van der Waals surface area contributed by atoms with Gasteiger partial charge in [0.15, 0.2) is 0 Å². The van der Waals surface area contributed by atoms with Crippen LogP contribution in [-0.4, -0.2) is 42.9 Å². The molecular formula is C19H24F3NO3. The zero-order chi connectivity index (χ0) is 19.3. The number of Topliss-reactive ketones (excluding diaryl/α,β-unsaturated/α-hetero) is 1. The number of likely N-dealkylation sites (N-methyl/N-ethyl adjacent to an activating group) is 1. The van der Waals surface area contributed by atoms with E-state index in [9.17, 15) is 22.8 Å². The fourth-order valence-electron chi connectivity index (χ4n) is 3.35. The minimum absolute atomic E-state index is 0.0385. The minimum atomic E-state index is -4.37. The Morgan fingerprint density at radius 3 is 2.69 bits per heavy atom. The highest BCUT2D eigenvalue weighted by Gasteiger charge is 2.33. The molecule has 0 saturated carbocycles. The summed E-state index contributed by atoms with van der Waals surface area (Å²) >= 11 is 0. The third kappa shape index (κ3) is 5.56. The number of rotatable bonds is 6. The van der Waals surface area contributed by atoms with E-state index in [1.54, 1.807) is 13.0 Å². The normalized spacial score (nSPS) is 21.4. The lowest BCUT2D eigenvalue weighted by molar-refractivity contribution is -0.146. The molecule has 1 heterocycles. The molecule has 1 aromatic rings. The molecule has 4 nitrogen and oxygen atoms in total. The fourth-order valence-corrected chi connectivity index (χ4v) is 3.35. The molecule has 0 N–H and O–H groups in total. The van der Waals surface area contributed by atoms with E-state index in [0.717, 1.165) is 12.1 Å². The third-order valence-corrected chi connectivity index (χ3v) is 4.82. The van der Waals surface area contributed by atoms with E-state index in [2.05, 4.69) is 4.90 Å². The van der Waals surface area contributed by atoms with Crippen molar-refractivity contribution in [2.45, 2.75) is 44.8 Å². The SMILES string of the molecule is CCOC(=O)CC(=O)C1CCN(C)C(Cc2cccc(C(F)(F)F)c2)C1. The Bertz CT molecular complexity index is 645. The van der Waals surface area contributed by atoms with Gasteiger partial charge in [-0.1, -0.05) is 18.2 Å². The van der Waals surface area contributed by atoms with E-state index >= 15 is 0 Å². The molecular weight excluding hydrogens is 347 g/mol. The highest BCUT2D eigenvalue weighted by atomic mass is 19.4. The summed E-state index contributed by atoms with van der Waals surface area (Å²) in [5.74, 6) is -0.928. The van der Waals surface area contributed by atoms with E-state index in [1.165, 1.54) is 6.07 Å². The number of esters is 1. The quantitative estimate of drug-likeness (QED) is 0.567. The largest absolute Gasteiger partial charge is 0.466 e. The van der Waals surface area contributed by atoms with Crippen LogP contribution >= 0.6 is 0 Å². The van der Waals surface area contributed by atoms with Crippen LogP contribution in [0, 0.1) is 5.92 Å². The Morgan fingerprint density at radius 2 is 2.04 bits per heavy atom. The van der Waals surface area contributed by atoms with Gasteiger partial charge >= 0.3 is 12.1 Å². The molecule has 0 amide bonds. The number of carbonyl (C=O) groups is 2. The zero-order valence-corrected chi connectivity index (χ0v) is 15.0. The van der Waals surface area contributed by atoms with Crippen LogP contribution in [-0.2, 0) is 26.9 Å². The number of piperidine rings is 1. The fraction of sp³-hybridized carbons (Fsp3) is 0.579. The maximum Gasteiger partial charge on any atom is 0.416 e. The molecule has 2 unspecified atom stereocenters. The Labute approximate surface area is 151 Å². The number of carbonyl (C=O) groups excluding carboxylic acids is 2. The number of hydrogen-bond donors (Lipinski definition) is 0. The second-order valence-corrected chi connectivity index (χ2v) is 6.71. The molecule has 1 aliphatic heterocycles. The Hall–Kier alpha value is -1.89. The molecule has 0 spiro atoms. The van der Waals surface area contributed by atoms with Crippen molar-refractivity contribution < 1.29 is 27.5 Å². The number of benzene rings is 1. The van der Waals surface area contributed by atoms with Gasteiger partial charge in [0.1, 0.15) is 12.2 Å². The molecule has 0 aliphatic carbocycles. The van der Waals surface area contributed by atoms with Crippen molar-refractivity contribution in [2.75, 3.05) is 20.2 Å². The first-order valence-electron chi connectivity index (χ1n) is 8.75. The molecule has 26 heavy (non-hydrogen) atoms. The summed E-state index contributed by atoms with van der Waals surface area (Å²) < 4.78 is 43.4. The number of likely N-dealkylation sites (tertiary alicyclic amines) is 1. The van der Waals surface area contributed by atoms with Gasteiger partial charge in [-0.05, 0) is 51.4 Å². The Morgan fingerprint density at radius 1 is 1.31 bits per heavy atom. The Balaban J connectivity index is 2.02. The predicted molar refractivity (Wildman–Crippen MR) is 90.5 cm³/mol. The van der Waals surface area contributed by atoms with Gasteiger partial charge in [0.2, 0.25) is 0 Å². The van der Waals surface area contributed by atoms with E-state index in [1.807, 2.05) is 7.05 Å². The molecule has 0 radical (unpaired) electrons. The van der Waals surface area contributed by atoms with Crippen molar-refractivity contribution in [1.82, 2.24) is 4.90 Å². The van der Waals surface area contributed by atoms with E-state index in [-0.39, 0.29) is 30.8 Å². The van der Waals surface area contributed by atoms with Crippen LogP contribution in [0.4, 0.5) is 13.2 Å². The summed E-state index contributed by atoms with van der Waals surface area (Å²) in [6.07, 6.45) is -2.99. The van der Waals surface area contributed by atoms with Crippen molar-refractivity contribution in [2.24, 2.45) is 5.92 Å². The summed E-state index contributed by atoms with van der Waals surface area (Å²) in [4.78, 5) is 25.9. The van der Waals surface area contributed by atoms with Crippen LogP contribution in [0.1, 0.15) is 37.3 Å². The molecule has 2 rings (SSSR count). The lowest BCUT2D eigenvalue weighted by Gasteiger charge is -2.36. The molecule has 2 atom stereocenters. The van der Waals surface area contributed by atoms with E-state index in [0.29, 0.717) is 31.4 Å². The van der Waals surface area contributed by atoms with Gasteiger partial charge in [0, 0.05) is 12.0 Å². The lowest BCUT2D eigenvalue weighted by Crippen LogP contribution is -2.43. The molecule has 1 saturated heterocycles. The van der Waals surface area contributed by atoms with Gasteiger partial charge in [-0.15, -0.1) is 0 Å². The molecule has 0 bridgehead atoms. The number of hydrogen-bond acceptors (Lipinski definition) is 4. The number of ether oxygens (including phenoxy) is 1. The van der Waals surface area contributed by atoms with E-state index in [4.69, 9.17) is 4.74 Å². The summed E-state index contributed by atoms with van der Waals surface area (Å²) in [6.45, 7) is 2.59. The number of ketones is 1. The second kappa shape index (κ2) is 8.66. The number of nitrogens with zero attached hydrogens (tertiary/aromatic N) is 1.